The van der Waals surface area contributed by atoms with Crippen LogP contribution in [0.1, 0.15) is 29.7 Å². The van der Waals surface area contributed by atoms with Crippen LogP contribution in [0.4, 0.5) is 5.82 Å². The first-order valence-electron chi connectivity index (χ1n) is 6.73. The number of nitrogens with one attached hydrogen (secondary N) is 2. The van der Waals surface area contributed by atoms with Crippen LogP contribution in [0.2, 0.25) is 0 Å². The summed E-state index contributed by atoms with van der Waals surface area (Å²) in [4.78, 5) is 18.6. The third-order valence-electron chi connectivity index (χ3n) is 3.49. The van der Waals surface area contributed by atoms with Gasteiger partial charge in [0.25, 0.3) is 0 Å². The lowest BCUT2D eigenvalue weighted by molar-refractivity contribution is 0.776. The average molecular weight is 255 g/mol. The summed E-state index contributed by atoms with van der Waals surface area (Å²) >= 11 is 0. The normalized spacial score (nSPS) is 14.3. The van der Waals surface area contributed by atoms with E-state index in [0.717, 1.165) is 43.7 Å². The van der Waals surface area contributed by atoms with Gasteiger partial charge in [-0.15, -0.1) is 0 Å². The SMILES string of the molecule is O=c1nc2c(c(Cc3ccccc3)[nH]1)CCCCN2. The summed E-state index contributed by atoms with van der Waals surface area (Å²) in [5.74, 6) is 0.771. The Morgan fingerprint density at radius 3 is 2.84 bits per heavy atom. The maximum absolute atomic E-state index is 11.7. The fourth-order valence-electron chi connectivity index (χ4n) is 2.54. The zero-order valence-electron chi connectivity index (χ0n) is 10.8. The van der Waals surface area contributed by atoms with Gasteiger partial charge in [0.05, 0.1) is 0 Å². The number of hydrogen-bond acceptors (Lipinski definition) is 3. The van der Waals surface area contributed by atoms with Gasteiger partial charge in [-0.3, -0.25) is 0 Å². The predicted molar refractivity (Wildman–Crippen MR) is 75.5 cm³/mol. The van der Waals surface area contributed by atoms with E-state index in [4.69, 9.17) is 0 Å². The minimum Gasteiger partial charge on any atom is -0.370 e. The van der Waals surface area contributed by atoms with Crippen LogP contribution >= 0.6 is 0 Å². The van der Waals surface area contributed by atoms with E-state index in [1.807, 2.05) is 18.2 Å². The Labute approximate surface area is 111 Å². The first kappa shape index (κ1) is 12.0. The summed E-state index contributed by atoms with van der Waals surface area (Å²) in [6.45, 7) is 0.897. The highest BCUT2D eigenvalue weighted by Crippen LogP contribution is 2.22. The molecule has 1 aliphatic heterocycles. The highest BCUT2D eigenvalue weighted by Gasteiger charge is 2.14. The van der Waals surface area contributed by atoms with Crippen LogP contribution in [0.3, 0.4) is 0 Å². The number of rotatable bonds is 2. The second-order valence-electron chi connectivity index (χ2n) is 4.89. The van der Waals surface area contributed by atoms with Gasteiger partial charge in [-0.2, -0.15) is 4.98 Å². The molecule has 0 fully saturated rings. The summed E-state index contributed by atoms with van der Waals surface area (Å²) in [5, 5.41) is 3.26. The van der Waals surface area contributed by atoms with E-state index in [1.165, 1.54) is 11.1 Å². The number of fused-ring (bicyclic) bond motifs is 1. The first-order chi connectivity index (χ1) is 9.33. The molecule has 1 aromatic carbocycles. The average Bonchev–Trinajstić information content (AvgIpc) is 2.65. The molecule has 0 bridgehead atoms. The van der Waals surface area contributed by atoms with Crippen LogP contribution in [0.25, 0.3) is 0 Å². The van der Waals surface area contributed by atoms with E-state index in [9.17, 15) is 4.79 Å². The van der Waals surface area contributed by atoms with Gasteiger partial charge >= 0.3 is 5.69 Å². The van der Waals surface area contributed by atoms with Crippen molar-refractivity contribution in [2.75, 3.05) is 11.9 Å². The van der Waals surface area contributed by atoms with E-state index in [2.05, 4.69) is 27.4 Å². The maximum atomic E-state index is 11.7. The summed E-state index contributed by atoms with van der Waals surface area (Å²) in [5.41, 5.74) is 3.10. The lowest BCUT2D eigenvalue weighted by Crippen LogP contribution is -2.18. The molecule has 98 valence electrons. The zero-order chi connectivity index (χ0) is 13.1. The molecule has 0 radical (unpaired) electrons. The molecule has 0 atom stereocenters. The van der Waals surface area contributed by atoms with Gasteiger partial charge in [-0.05, 0) is 24.8 Å². The van der Waals surface area contributed by atoms with Gasteiger partial charge in [0.15, 0.2) is 0 Å². The molecular formula is C15H17N3O. The quantitative estimate of drug-likeness (QED) is 0.864. The zero-order valence-corrected chi connectivity index (χ0v) is 10.8. The van der Waals surface area contributed by atoms with Crippen LogP contribution in [-0.4, -0.2) is 16.5 Å². The van der Waals surface area contributed by atoms with Crippen LogP contribution in [0.5, 0.6) is 0 Å². The Kier molecular flexibility index (Phi) is 3.31. The molecule has 1 aliphatic rings. The molecule has 0 amide bonds. The molecule has 0 unspecified atom stereocenters. The van der Waals surface area contributed by atoms with Crippen molar-refractivity contribution < 1.29 is 0 Å². The molecule has 2 heterocycles. The Morgan fingerprint density at radius 2 is 2.00 bits per heavy atom. The van der Waals surface area contributed by atoms with E-state index >= 15 is 0 Å². The molecule has 2 N–H and O–H groups in total. The van der Waals surface area contributed by atoms with Crippen molar-refractivity contribution in [2.24, 2.45) is 0 Å². The highest BCUT2D eigenvalue weighted by molar-refractivity contribution is 5.47. The number of benzene rings is 1. The van der Waals surface area contributed by atoms with Gasteiger partial charge in [0.2, 0.25) is 0 Å². The number of aromatic amines is 1. The minimum absolute atomic E-state index is 0.265. The molecule has 4 heteroatoms. The summed E-state index contributed by atoms with van der Waals surface area (Å²) in [6.07, 6.45) is 3.99. The van der Waals surface area contributed by atoms with Crippen LogP contribution in [0.15, 0.2) is 35.1 Å². The molecule has 1 aromatic heterocycles. The predicted octanol–water partition coefficient (Wildman–Crippen LogP) is 2.11. The minimum atomic E-state index is -0.265. The molecule has 0 spiro atoms. The number of nitrogens with zero attached hydrogens (tertiary/aromatic N) is 1. The topological polar surface area (TPSA) is 57.8 Å². The fourth-order valence-corrected chi connectivity index (χ4v) is 2.54. The van der Waals surface area contributed by atoms with Crippen molar-refractivity contribution in [1.82, 2.24) is 9.97 Å². The van der Waals surface area contributed by atoms with Gasteiger partial charge in [-0.1, -0.05) is 30.3 Å². The molecule has 3 rings (SSSR count). The lowest BCUT2D eigenvalue weighted by Gasteiger charge is -2.11. The Balaban J connectivity index is 2.01. The fraction of sp³-hybridized carbons (Fsp3) is 0.333. The molecule has 0 aliphatic carbocycles. The Hall–Kier alpha value is -2.10. The maximum Gasteiger partial charge on any atom is 0.347 e. The summed E-state index contributed by atoms with van der Waals surface area (Å²) < 4.78 is 0. The van der Waals surface area contributed by atoms with Gasteiger partial charge < -0.3 is 10.3 Å². The van der Waals surface area contributed by atoms with Crippen molar-refractivity contribution >= 4 is 5.82 Å². The molecule has 19 heavy (non-hydrogen) atoms. The van der Waals surface area contributed by atoms with Crippen molar-refractivity contribution in [2.45, 2.75) is 25.7 Å². The monoisotopic (exact) mass is 255 g/mol. The van der Waals surface area contributed by atoms with E-state index in [-0.39, 0.29) is 5.69 Å². The largest absolute Gasteiger partial charge is 0.370 e. The van der Waals surface area contributed by atoms with Crippen LogP contribution in [-0.2, 0) is 12.8 Å². The Bertz CT molecular complexity index is 619. The molecule has 0 saturated carbocycles. The molecular weight excluding hydrogens is 238 g/mol. The van der Waals surface area contributed by atoms with Gasteiger partial charge in [-0.25, -0.2) is 4.79 Å². The van der Waals surface area contributed by atoms with Crippen LogP contribution < -0.4 is 11.0 Å². The highest BCUT2D eigenvalue weighted by atomic mass is 16.1. The van der Waals surface area contributed by atoms with Crippen molar-refractivity contribution in [3.05, 3.63) is 57.6 Å². The standard InChI is InChI=1S/C15H17N3O/c19-15-17-13(10-11-6-2-1-3-7-11)12-8-4-5-9-16-14(12)18-15/h1-3,6-7H,4-5,8-10H2,(H2,16,17,18,19). The lowest BCUT2D eigenvalue weighted by atomic mass is 10.0. The number of aromatic nitrogens is 2. The van der Waals surface area contributed by atoms with Crippen molar-refractivity contribution in [3.8, 4) is 0 Å². The molecule has 4 nitrogen and oxygen atoms in total. The smallest absolute Gasteiger partial charge is 0.347 e. The third kappa shape index (κ3) is 2.67. The van der Waals surface area contributed by atoms with Crippen molar-refractivity contribution in [1.29, 1.82) is 0 Å². The van der Waals surface area contributed by atoms with Crippen molar-refractivity contribution in [3.63, 3.8) is 0 Å². The summed E-state index contributed by atoms with van der Waals surface area (Å²) in [6, 6.07) is 10.2. The van der Waals surface area contributed by atoms with E-state index < -0.39 is 0 Å². The van der Waals surface area contributed by atoms with Gasteiger partial charge in [0.1, 0.15) is 5.82 Å². The third-order valence-corrected chi connectivity index (χ3v) is 3.49. The molecule has 2 aromatic rings. The second-order valence-corrected chi connectivity index (χ2v) is 4.89. The second kappa shape index (κ2) is 5.26. The Morgan fingerprint density at radius 1 is 1.16 bits per heavy atom. The van der Waals surface area contributed by atoms with Gasteiger partial charge in [0, 0.05) is 24.2 Å². The van der Waals surface area contributed by atoms with Crippen LogP contribution in [0, 0.1) is 0 Å². The van der Waals surface area contributed by atoms with E-state index in [1.54, 1.807) is 0 Å². The van der Waals surface area contributed by atoms with E-state index in [0.29, 0.717) is 0 Å². The summed E-state index contributed by atoms with van der Waals surface area (Å²) in [7, 11) is 0. The first-order valence-corrected chi connectivity index (χ1v) is 6.73. The molecule has 0 saturated heterocycles. The number of anilines is 1. The number of hydrogen-bond donors (Lipinski definition) is 2. The number of H-pyrrole nitrogens is 1.